The molecule has 0 aliphatic heterocycles. The van der Waals surface area contributed by atoms with Crippen molar-refractivity contribution >= 4 is 17.5 Å². The Kier molecular flexibility index (Phi) is 6.60. The maximum atomic E-state index is 14.2. The number of anilines is 1. The first-order chi connectivity index (χ1) is 17.8. The highest BCUT2D eigenvalue weighted by Gasteiger charge is 2.35. The van der Waals surface area contributed by atoms with E-state index in [1.54, 1.807) is 19.2 Å². The number of carbonyl (C=O) groups is 2. The Hall–Kier alpha value is -4.27. The SMILES string of the molecule is Cc1n[nH]c(C)c1-c1ccc(NC(=O)[C@@H](NC(=O)c2ccnn2C)[C@H]2CCCc3ccc(F)cc32)cc1. The van der Waals surface area contributed by atoms with Gasteiger partial charge >= 0.3 is 0 Å². The Labute approximate surface area is 214 Å². The number of halogens is 1. The lowest BCUT2D eigenvalue weighted by Crippen LogP contribution is -2.48. The molecular weight excluding hydrogens is 471 g/mol. The topological polar surface area (TPSA) is 105 Å². The number of benzene rings is 2. The van der Waals surface area contributed by atoms with Crippen LogP contribution in [0.3, 0.4) is 0 Å². The number of hydrogen-bond donors (Lipinski definition) is 3. The van der Waals surface area contributed by atoms with E-state index in [2.05, 4.69) is 25.9 Å². The van der Waals surface area contributed by atoms with Gasteiger partial charge in [0, 0.05) is 36.1 Å². The van der Waals surface area contributed by atoms with E-state index in [1.807, 2.05) is 38.1 Å². The molecular formula is C28H29FN6O2. The smallest absolute Gasteiger partial charge is 0.270 e. The van der Waals surface area contributed by atoms with Crippen LogP contribution in [0.4, 0.5) is 10.1 Å². The van der Waals surface area contributed by atoms with Gasteiger partial charge in [0.2, 0.25) is 5.91 Å². The molecule has 4 aromatic rings. The summed E-state index contributed by atoms with van der Waals surface area (Å²) in [5.41, 5.74) is 6.58. The molecule has 0 fully saturated rings. The van der Waals surface area contributed by atoms with Crippen molar-refractivity contribution in [2.75, 3.05) is 5.32 Å². The maximum Gasteiger partial charge on any atom is 0.270 e. The van der Waals surface area contributed by atoms with Gasteiger partial charge in [-0.3, -0.25) is 19.4 Å². The average molecular weight is 501 g/mol. The fourth-order valence-corrected chi connectivity index (χ4v) is 5.23. The fourth-order valence-electron chi connectivity index (χ4n) is 5.23. The minimum Gasteiger partial charge on any atom is -0.338 e. The monoisotopic (exact) mass is 500 g/mol. The molecule has 0 spiro atoms. The lowest BCUT2D eigenvalue weighted by Gasteiger charge is -2.32. The molecule has 2 atom stereocenters. The Bertz CT molecular complexity index is 1440. The number of hydrogen-bond acceptors (Lipinski definition) is 4. The maximum absolute atomic E-state index is 14.2. The predicted molar refractivity (Wildman–Crippen MR) is 139 cm³/mol. The number of H-pyrrole nitrogens is 1. The highest BCUT2D eigenvalue weighted by Crippen LogP contribution is 2.35. The third kappa shape index (κ3) is 4.89. The van der Waals surface area contributed by atoms with E-state index in [0.717, 1.165) is 46.5 Å². The average Bonchev–Trinajstić information content (AvgIpc) is 3.47. The molecule has 0 bridgehead atoms. The third-order valence-electron chi connectivity index (χ3n) is 7.06. The number of aromatic nitrogens is 4. The van der Waals surface area contributed by atoms with Crippen LogP contribution in [-0.4, -0.2) is 37.8 Å². The number of aryl methyl sites for hydroxylation is 4. The molecule has 2 aromatic carbocycles. The van der Waals surface area contributed by atoms with E-state index in [1.165, 1.54) is 23.0 Å². The normalized spacial score (nSPS) is 15.6. The molecule has 37 heavy (non-hydrogen) atoms. The second kappa shape index (κ2) is 10.0. The molecule has 2 heterocycles. The van der Waals surface area contributed by atoms with E-state index < -0.39 is 11.9 Å². The number of rotatable bonds is 6. The van der Waals surface area contributed by atoms with Gasteiger partial charge in [0.1, 0.15) is 17.6 Å². The molecule has 0 unspecified atom stereocenters. The van der Waals surface area contributed by atoms with E-state index in [0.29, 0.717) is 17.8 Å². The molecule has 3 N–H and O–H groups in total. The first-order valence-electron chi connectivity index (χ1n) is 12.3. The van der Waals surface area contributed by atoms with Gasteiger partial charge < -0.3 is 10.6 Å². The summed E-state index contributed by atoms with van der Waals surface area (Å²) in [4.78, 5) is 26.8. The molecule has 5 rings (SSSR count). The Morgan fingerprint density at radius 2 is 1.92 bits per heavy atom. The zero-order valence-corrected chi connectivity index (χ0v) is 21.0. The Morgan fingerprint density at radius 1 is 1.14 bits per heavy atom. The van der Waals surface area contributed by atoms with Crippen molar-refractivity contribution in [3.8, 4) is 11.1 Å². The van der Waals surface area contributed by atoms with Crippen LogP contribution in [0.25, 0.3) is 11.1 Å². The van der Waals surface area contributed by atoms with Crippen LogP contribution in [-0.2, 0) is 18.3 Å². The molecule has 0 radical (unpaired) electrons. The highest BCUT2D eigenvalue weighted by atomic mass is 19.1. The zero-order chi connectivity index (χ0) is 26.1. The molecule has 2 amide bonds. The summed E-state index contributed by atoms with van der Waals surface area (Å²) in [7, 11) is 1.67. The second-order valence-electron chi connectivity index (χ2n) is 9.51. The predicted octanol–water partition coefficient (Wildman–Crippen LogP) is 4.42. The van der Waals surface area contributed by atoms with E-state index >= 15 is 0 Å². The number of fused-ring (bicyclic) bond motifs is 1. The molecule has 2 aromatic heterocycles. The molecule has 8 nitrogen and oxygen atoms in total. The largest absolute Gasteiger partial charge is 0.338 e. The van der Waals surface area contributed by atoms with Crippen LogP contribution in [0, 0.1) is 19.7 Å². The number of nitrogens with zero attached hydrogens (tertiary/aromatic N) is 3. The summed E-state index contributed by atoms with van der Waals surface area (Å²) >= 11 is 0. The van der Waals surface area contributed by atoms with Crippen LogP contribution < -0.4 is 10.6 Å². The van der Waals surface area contributed by atoms with Crippen LogP contribution in [0.5, 0.6) is 0 Å². The van der Waals surface area contributed by atoms with E-state index in [9.17, 15) is 14.0 Å². The highest BCUT2D eigenvalue weighted by molar-refractivity contribution is 6.01. The quantitative estimate of drug-likeness (QED) is 0.364. The molecule has 1 aliphatic rings. The first-order valence-corrected chi connectivity index (χ1v) is 12.3. The van der Waals surface area contributed by atoms with Crippen molar-refractivity contribution in [3.05, 3.63) is 88.8 Å². The minimum absolute atomic E-state index is 0.336. The molecule has 9 heteroatoms. The molecule has 0 saturated heterocycles. The van der Waals surface area contributed by atoms with E-state index in [4.69, 9.17) is 0 Å². The summed E-state index contributed by atoms with van der Waals surface area (Å²) in [6.07, 6.45) is 3.83. The van der Waals surface area contributed by atoms with Gasteiger partial charge in [0.15, 0.2) is 0 Å². The summed E-state index contributed by atoms with van der Waals surface area (Å²) in [6, 6.07) is 12.9. The van der Waals surface area contributed by atoms with Crippen LogP contribution in [0.1, 0.15) is 51.8 Å². The zero-order valence-electron chi connectivity index (χ0n) is 21.0. The lowest BCUT2D eigenvalue weighted by molar-refractivity contribution is -0.118. The van der Waals surface area contributed by atoms with Crippen LogP contribution in [0.2, 0.25) is 0 Å². The number of amides is 2. The van der Waals surface area contributed by atoms with Crippen molar-refractivity contribution in [1.82, 2.24) is 25.3 Å². The van der Waals surface area contributed by atoms with Crippen molar-refractivity contribution < 1.29 is 14.0 Å². The van der Waals surface area contributed by atoms with Crippen molar-refractivity contribution in [1.29, 1.82) is 0 Å². The van der Waals surface area contributed by atoms with Crippen molar-refractivity contribution in [3.63, 3.8) is 0 Å². The standard InChI is InChI=1S/C28H29FN6O2/c1-16-25(17(2)34-33-16)19-8-11-21(12-9-19)31-28(37)26(32-27(36)24-13-14-30-35(24)3)22-6-4-5-18-7-10-20(29)15-23(18)22/h7-15,22,26H,4-6H2,1-3H3,(H,31,37)(H,32,36)(H,33,34)/t22-,26-/m0/s1. The molecule has 190 valence electrons. The van der Waals surface area contributed by atoms with Gasteiger partial charge in [0.25, 0.3) is 5.91 Å². The molecule has 1 aliphatic carbocycles. The van der Waals surface area contributed by atoms with Gasteiger partial charge in [0.05, 0.1) is 5.69 Å². The van der Waals surface area contributed by atoms with Gasteiger partial charge in [-0.05, 0) is 80.1 Å². The third-order valence-corrected chi connectivity index (χ3v) is 7.06. The molecule has 0 saturated carbocycles. The summed E-state index contributed by atoms with van der Waals surface area (Å²) in [5, 5.41) is 17.2. The van der Waals surface area contributed by atoms with Gasteiger partial charge in [-0.2, -0.15) is 10.2 Å². The number of aromatic amines is 1. The second-order valence-corrected chi connectivity index (χ2v) is 9.51. The van der Waals surface area contributed by atoms with Crippen LogP contribution in [0.15, 0.2) is 54.7 Å². The number of carbonyl (C=O) groups excluding carboxylic acids is 2. The number of nitrogens with one attached hydrogen (secondary N) is 3. The lowest BCUT2D eigenvalue weighted by atomic mass is 9.78. The summed E-state index contributed by atoms with van der Waals surface area (Å²) in [5.74, 6) is -1.50. The summed E-state index contributed by atoms with van der Waals surface area (Å²) in [6.45, 7) is 3.90. The van der Waals surface area contributed by atoms with Gasteiger partial charge in [-0.25, -0.2) is 4.39 Å². The minimum atomic E-state index is -0.902. The van der Waals surface area contributed by atoms with Crippen molar-refractivity contribution in [2.45, 2.75) is 45.1 Å². The fraction of sp³-hybridized carbons (Fsp3) is 0.286. The van der Waals surface area contributed by atoms with Crippen LogP contribution >= 0.6 is 0 Å². The van der Waals surface area contributed by atoms with Gasteiger partial charge in [-0.15, -0.1) is 0 Å². The summed E-state index contributed by atoms with van der Waals surface area (Å²) < 4.78 is 15.7. The Balaban J connectivity index is 1.43. The van der Waals surface area contributed by atoms with Crippen molar-refractivity contribution in [2.24, 2.45) is 7.05 Å². The first kappa shape index (κ1) is 24.4. The Morgan fingerprint density at radius 3 is 2.59 bits per heavy atom. The van der Waals surface area contributed by atoms with Gasteiger partial charge in [-0.1, -0.05) is 18.2 Å². The van der Waals surface area contributed by atoms with E-state index in [-0.39, 0.29) is 17.6 Å².